The number of aromatic amines is 1. The molecule has 1 atom stereocenters. The van der Waals surface area contributed by atoms with Crippen LogP contribution in [0.25, 0.3) is 21.7 Å². The first-order valence-corrected chi connectivity index (χ1v) is 10.8. The average Bonchev–Trinajstić information content (AvgIpc) is 3.29. The van der Waals surface area contributed by atoms with Gasteiger partial charge in [0.2, 0.25) is 0 Å². The number of aromatic nitrogens is 2. The summed E-state index contributed by atoms with van der Waals surface area (Å²) < 4.78 is 5.93. The summed E-state index contributed by atoms with van der Waals surface area (Å²) in [4.78, 5) is 9.53. The smallest absolute Gasteiger partial charge is 0.128 e. The number of likely N-dealkylation sites (tertiary alicyclic amines) is 1. The van der Waals surface area contributed by atoms with E-state index in [4.69, 9.17) is 4.74 Å². The van der Waals surface area contributed by atoms with E-state index in [2.05, 4.69) is 9.97 Å². The maximum absolute atomic E-state index is 11.4. The van der Waals surface area contributed by atoms with Crippen LogP contribution in [0.5, 0.6) is 5.75 Å². The summed E-state index contributed by atoms with van der Waals surface area (Å²) in [6.45, 7) is 1.67. The Balaban J connectivity index is 1.19. The Labute approximate surface area is 181 Å². The number of ether oxygens (including phenoxy) is 1. The van der Waals surface area contributed by atoms with Crippen LogP contribution in [0.1, 0.15) is 24.8 Å². The molecule has 1 aliphatic heterocycles. The molecule has 1 fully saturated rings. The molecule has 2 aromatic carbocycles. The van der Waals surface area contributed by atoms with Crippen LogP contribution in [0.3, 0.4) is 0 Å². The van der Waals surface area contributed by atoms with Crippen LogP contribution in [-0.4, -0.2) is 51.0 Å². The number of aliphatic hydroxyl groups excluding tert-OH is 1. The number of hydrogen-bond acceptors (Lipinski definition) is 5. The summed E-state index contributed by atoms with van der Waals surface area (Å²) in [6, 6.07) is 15.9. The molecule has 0 bridgehead atoms. The number of fused-ring (bicyclic) bond motifs is 2. The maximum Gasteiger partial charge on any atom is 0.128 e. The van der Waals surface area contributed by atoms with E-state index >= 15 is 0 Å². The van der Waals surface area contributed by atoms with Crippen LogP contribution in [-0.2, 0) is 5.60 Å². The second kappa shape index (κ2) is 8.30. The van der Waals surface area contributed by atoms with Crippen molar-refractivity contribution < 1.29 is 14.9 Å². The highest BCUT2D eigenvalue weighted by Gasteiger charge is 2.37. The molecule has 0 aliphatic carbocycles. The second-order valence-corrected chi connectivity index (χ2v) is 8.29. The Hall–Kier alpha value is -2.93. The highest BCUT2D eigenvalue weighted by atomic mass is 16.5. The summed E-state index contributed by atoms with van der Waals surface area (Å²) in [5.74, 6) is 0.822. The van der Waals surface area contributed by atoms with Crippen molar-refractivity contribution in [2.45, 2.75) is 31.1 Å². The van der Waals surface area contributed by atoms with Crippen LogP contribution >= 0.6 is 0 Å². The van der Waals surface area contributed by atoms with Gasteiger partial charge in [-0.15, -0.1) is 0 Å². The van der Waals surface area contributed by atoms with Gasteiger partial charge in [-0.05, 0) is 36.4 Å². The van der Waals surface area contributed by atoms with Crippen LogP contribution in [0, 0.1) is 0 Å². The van der Waals surface area contributed by atoms with Crippen molar-refractivity contribution >= 4 is 21.7 Å². The van der Waals surface area contributed by atoms with Crippen LogP contribution in [0.2, 0.25) is 0 Å². The molecule has 0 amide bonds. The van der Waals surface area contributed by atoms with E-state index in [1.165, 1.54) is 0 Å². The van der Waals surface area contributed by atoms with E-state index in [0.717, 1.165) is 33.0 Å². The molecule has 2 aromatic heterocycles. The van der Waals surface area contributed by atoms with Gasteiger partial charge in [-0.1, -0.05) is 30.3 Å². The Kier molecular flexibility index (Phi) is 5.36. The molecule has 5 rings (SSSR count). The van der Waals surface area contributed by atoms with Crippen molar-refractivity contribution in [1.82, 2.24) is 14.9 Å². The van der Waals surface area contributed by atoms with E-state index < -0.39 is 11.8 Å². The minimum absolute atomic E-state index is 0.430. The molecule has 6 nitrogen and oxygen atoms in total. The predicted molar refractivity (Wildman–Crippen MR) is 121 cm³/mol. The van der Waals surface area contributed by atoms with Crippen molar-refractivity contribution in [2.75, 3.05) is 19.7 Å². The maximum atomic E-state index is 11.4. The summed E-state index contributed by atoms with van der Waals surface area (Å²) in [6.07, 6.45) is 6.54. The van der Waals surface area contributed by atoms with Gasteiger partial charge in [0.05, 0.1) is 12.2 Å². The van der Waals surface area contributed by atoms with Gasteiger partial charge in [-0.2, -0.15) is 0 Å². The zero-order valence-corrected chi connectivity index (χ0v) is 17.4. The minimum Gasteiger partial charge on any atom is -0.493 e. The molecular formula is C25H27N3O3. The van der Waals surface area contributed by atoms with Crippen molar-refractivity contribution in [1.29, 1.82) is 0 Å². The normalized spacial score (nSPS) is 17.7. The third kappa shape index (κ3) is 3.90. The van der Waals surface area contributed by atoms with Crippen LogP contribution < -0.4 is 4.74 Å². The number of H-pyrrole nitrogens is 1. The molecule has 31 heavy (non-hydrogen) atoms. The van der Waals surface area contributed by atoms with Crippen LogP contribution in [0.15, 0.2) is 67.1 Å². The van der Waals surface area contributed by atoms with Gasteiger partial charge in [0.15, 0.2) is 0 Å². The van der Waals surface area contributed by atoms with Gasteiger partial charge in [0.25, 0.3) is 0 Å². The monoisotopic (exact) mass is 417 g/mol. The number of piperidine rings is 1. The molecule has 3 heterocycles. The van der Waals surface area contributed by atoms with Gasteiger partial charge >= 0.3 is 0 Å². The standard InChI is InChI=1S/C25H27N3O3/c29-24(9-15-31-23-7-3-6-22-20(23)8-12-27-22)28-13-10-25(30,11-14-28)21-17-26-16-18-4-1-2-5-19(18)21/h1-8,12,16-17,24,27,29-30H,9-11,13-15H2. The fraction of sp³-hybridized carbons (Fsp3) is 0.320. The van der Waals surface area contributed by atoms with Gasteiger partial charge in [-0.3, -0.25) is 9.88 Å². The predicted octanol–water partition coefficient (Wildman–Crippen LogP) is 3.79. The highest BCUT2D eigenvalue weighted by molar-refractivity contribution is 5.86. The van der Waals surface area contributed by atoms with Crippen molar-refractivity contribution in [2.24, 2.45) is 0 Å². The Morgan fingerprint density at radius 1 is 1.03 bits per heavy atom. The average molecular weight is 418 g/mol. The topological polar surface area (TPSA) is 81.6 Å². The summed E-state index contributed by atoms with van der Waals surface area (Å²) in [5, 5.41) is 25.2. The molecule has 3 N–H and O–H groups in total. The van der Waals surface area contributed by atoms with Gasteiger partial charge in [0.1, 0.15) is 12.0 Å². The summed E-state index contributed by atoms with van der Waals surface area (Å²) in [7, 11) is 0. The molecule has 6 heteroatoms. The molecule has 0 saturated carbocycles. The molecule has 0 spiro atoms. The molecule has 1 saturated heterocycles. The number of hydrogen-bond donors (Lipinski definition) is 3. The highest BCUT2D eigenvalue weighted by Crippen LogP contribution is 2.37. The fourth-order valence-corrected chi connectivity index (χ4v) is 4.59. The second-order valence-electron chi connectivity index (χ2n) is 8.29. The lowest BCUT2D eigenvalue weighted by molar-refractivity contribution is -0.0814. The zero-order valence-electron chi connectivity index (χ0n) is 17.4. The van der Waals surface area contributed by atoms with Crippen molar-refractivity contribution in [3.05, 3.63) is 72.7 Å². The molecule has 1 aliphatic rings. The van der Waals surface area contributed by atoms with Crippen molar-refractivity contribution in [3.8, 4) is 5.75 Å². The first kappa shape index (κ1) is 20.0. The van der Waals surface area contributed by atoms with E-state index in [9.17, 15) is 10.2 Å². The Morgan fingerprint density at radius 3 is 2.74 bits per heavy atom. The first-order valence-electron chi connectivity index (χ1n) is 10.8. The quantitative estimate of drug-likeness (QED) is 0.445. The molecule has 4 aromatic rings. The Morgan fingerprint density at radius 2 is 1.87 bits per heavy atom. The first-order chi connectivity index (χ1) is 15.1. The fourth-order valence-electron chi connectivity index (χ4n) is 4.59. The van der Waals surface area contributed by atoms with Gasteiger partial charge < -0.3 is 19.9 Å². The number of nitrogens with zero attached hydrogens (tertiary/aromatic N) is 2. The third-order valence-corrected chi connectivity index (χ3v) is 6.40. The largest absolute Gasteiger partial charge is 0.493 e. The third-order valence-electron chi connectivity index (χ3n) is 6.40. The van der Waals surface area contributed by atoms with E-state index in [1.54, 1.807) is 6.20 Å². The minimum atomic E-state index is -0.926. The SMILES string of the molecule is OC(CCOc1cccc2[nH]ccc12)N1CCC(O)(c2cncc3ccccc23)CC1. The van der Waals surface area contributed by atoms with E-state index in [0.29, 0.717) is 39.0 Å². The zero-order chi connectivity index (χ0) is 21.3. The number of nitrogens with one attached hydrogen (secondary N) is 1. The van der Waals surface area contributed by atoms with Gasteiger partial charge in [0, 0.05) is 60.0 Å². The van der Waals surface area contributed by atoms with Gasteiger partial charge in [-0.25, -0.2) is 0 Å². The lowest BCUT2D eigenvalue weighted by Crippen LogP contribution is -2.47. The summed E-state index contributed by atoms with van der Waals surface area (Å²) in [5.41, 5.74) is 0.990. The molecule has 0 radical (unpaired) electrons. The number of benzene rings is 2. The lowest BCUT2D eigenvalue weighted by atomic mass is 9.83. The molecule has 1 unspecified atom stereocenters. The Bertz CT molecular complexity index is 1180. The number of pyridine rings is 1. The van der Waals surface area contributed by atoms with Crippen LogP contribution in [0.4, 0.5) is 0 Å². The summed E-state index contributed by atoms with van der Waals surface area (Å²) >= 11 is 0. The number of rotatable bonds is 6. The van der Waals surface area contributed by atoms with Crippen molar-refractivity contribution in [3.63, 3.8) is 0 Å². The van der Waals surface area contributed by atoms with E-state index in [1.807, 2.05) is 65.8 Å². The number of aliphatic hydroxyl groups is 2. The lowest BCUT2D eigenvalue weighted by Gasteiger charge is -2.40. The molecular weight excluding hydrogens is 390 g/mol. The molecule has 160 valence electrons. The van der Waals surface area contributed by atoms with E-state index in [-0.39, 0.29) is 0 Å².